The number of hydrogen-bond donors (Lipinski definition) is 1. The molecule has 1 aromatic heterocycles. The van der Waals surface area contributed by atoms with Gasteiger partial charge in [-0.05, 0) is 18.6 Å². The van der Waals surface area contributed by atoms with E-state index in [-0.39, 0.29) is 12.4 Å². The van der Waals surface area contributed by atoms with Crippen molar-refractivity contribution in [2.75, 3.05) is 0 Å². The maximum atomic E-state index is 13.5. The predicted molar refractivity (Wildman–Crippen MR) is 58.4 cm³/mol. The van der Waals surface area contributed by atoms with Crippen LogP contribution in [-0.4, -0.2) is 14.9 Å². The topological polar surface area (TPSA) is 38.0 Å². The SMILES string of the molecule is Cc1ccc(Cn2cc(CO)cn2)c(F)c1. The minimum atomic E-state index is -0.221. The normalized spacial score (nSPS) is 10.7. The highest BCUT2D eigenvalue weighted by Gasteiger charge is 2.04. The highest BCUT2D eigenvalue weighted by atomic mass is 19.1. The van der Waals surface area contributed by atoms with Gasteiger partial charge in [0.1, 0.15) is 5.82 Å². The molecule has 0 saturated carbocycles. The second-order valence-corrected chi connectivity index (χ2v) is 3.80. The fourth-order valence-electron chi connectivity index (χ4n) is 1.53. The lowest BCUT2D eigenvalue weighted by Gasteiger charge is -2.04. The van der Waals surface area contributed by atoms with E-state index in [9.17, 15) is 4.39 Å². The van der Waals surface area contributed by atoms with E-state index in [0.29, 0.717) is 12.1 Å². The Hall–Kier alpha value is -1.68. The monoisotopic (exact) mass is 220 g/mol. The van der Waals surface area contributed by atoms with Gasteiger partial charge in [-0.15, -0.1) is 0 Å². The maximum absolute atomic E-state index is 13.5. The quantitative estimate of drug-likeness (QED) is 0.857. The van der Waals surface area contributed by atoms with Crippen LogP contribution >= 0.6 is 0 Å². The van der Waals surface area contributed by atoms with Gasteiger partial charge in [-0.3, -0.25) is 4.68 Å². The third-order valence-electron chi connectivity index (χ3n) is 2.41. The standard InChI is InChI=1S/C12H13FN2O/c1-9-2-3-11(12(13)4-9)7-15-6-10(8-16)5-14-15/h2-6,16H,7-8H2,1H3. The van der Waals surface area contributed by atoms with E-state index < -0.39 is 0 Å². The molecule has 1 heterocycles. The van der Waals surface area contributed by atoms with Gasteiger partial charge in [-0.2, -0.15) is 5.10 Å². The molecular weight excluding hydrogens is 207 g/mol. The first-order chi connectivity index (χ1) is 7.69. The minimum Gasteiger partial charge on any atom is -0.392 e. The van der Waals surface area contributed by atoms with Crippen LogP contribution in [0.15, 0.2) is 30.6 Å². The molecule has 16 heavy (non-hydrogen) atoms. The fourth-order valence-corrected chi connectivity index (χ4v) is 1.53. The van der Waals surface area contributed by atoms with Gasteiger partial charge in [0.25, 0.3) is 0 Å². The Morgan fingerprint density at radius 3 is 2.88 bits per heavy atom. The Balaban J connectivity index is 2.20. The van der Waals surface area contributed by atoms with Crippen LogP contribution in [0, 0.1) is 12.7 Å². The van der Waals surface area contributed by atoms with Crippen LogP contribution in [0.2, 0.25) is 0 Å². The third kappa shape index (κ3) is 2.28. The van der Waals surface area contributed by atoms with Gasteiger partial charge in [-0.1, -0.05) is 12.1 Å². The molecular formula is C12H13FN2O. The lowest BCUT2D eigenvalue weighted by Crippen LogP contribution is -2.02. The molecule has 2 aromatic rings. The molecule has 1 aromatic carbocycles. The van der Waals surface area contributed by atoms with E-state index in [4.69, 9.17) is 5.11 Å². The molecule has 0 spiro atoms. The summed E-state index contributed by atoms with van der Waals surface area (Å²) < 4.78 is 15.1. The zero-order valence-corrected chi connectivity index (χ0v) is 9.02. The number of rotatable bonds is 3. The van der Waals surface area contributed by atoms with Crippen molar-refractivity contribution < 1.29 is 9.50 Å². The average molecular weight is 220 g/mol. The Labute approximate surface area is 93.2 Å². The number of aromatic nitrogens is 2. The van der Waals surface area contributed by atoms with Gasteiger partial charge in [0, 0.05) is 17.3 Å². The number of aliphatic hydroxyl groups is 1. The summed E-state index contributed by atoms with van der Waals surface area (Å²) in [6, 6.07) is 5.13. The number of hydrogen-bond acceptors (Lipinski definition) is 2. The predicted octanol–water partition coefficient (Wildman–Crippen LogP) is 1.87. The van der Waals surface area contributed by atoms with Gasteiger partial charge in [0.2, 0.25) is 0 Å². The Morgan fingerprint density at radius 1 is 1.44 bits per heavy atom. The molecule has 0 bridgehead atoms. The molecule has 0 aliphatic rings. The molecule has 2 rings (SSSR count). The molecule has 0 radical (unpaired) electrons. The van der Waals surface area contributed by atoms with Crippen LogP contribution in [0.5, 0.6) is 0 Å². The van der Waals surface area contributed by atoms with E-state index in [1.807, 2.05) is 13.0 Å². The molecule has 0 fully saturated rings. The summed E-state index contributed by atoms with van der Waals surface area (Å²) in [6.45, 7) is 2.19. The summed E-state index contributed by atoms with van der Waals surface area (Å²) >= 11 is 0. The van der Waals surface area contributed by atoms with E-state index in [1.54, 1.807) is 23.1 Å². The summed E-state index contributed by atoms with van der Waals surface area (Å²) in [7, 11) is 0. The summed E-state index contributed by atoms with van der Waals surface area (Å²) in [4.78, 5) is 0. The second kappa shape index (κ2) is 4.45. The molecule has 0 unspecified atom stereocenters. The summed E-state index contributed by atoms with van der Waals surface area (Å²) in [5.74, 6) is -0.221. The largest absolute Gasteiger partial charge is 0.392 e. The first-order valence-electron chi connectivity index (χ1n) is 5.06. The van der Waals surface area contributed by atoms with Crippen molar-refractivity contribution >= 4 is 0 Å². The van der Waals surface area contributed by atoms with Gasteiger partial charge in [0.05, 0.1) is 19.3 Å². The lowest BCUT2D eigenvalue weighted by atomic mass is 10.1. The minimum absolute atomic E-state index is 0.0453. The molecule has 3 nitrogen and oxygen atoms in total. The van der Waals surface area contributed by atoms with Crippen molar-refractivity contribution in [3.8, 4) is 0 Å². The van der Waals surface area contributed by atoms with E-state index in [2.05, 4.69) is 5.10 Å². The number of aliphatic hydroxyl groups excluding tert-OH is 1. The number of benzene rings is 1. The van der Waals surface area contributed by atoms with Crippen LogP contribution in [0.1, 0.15) is 16.7 Å². The molecule has 0 saturated heterocycles. The van der Waals surface area contributed by atoms with E-state index in [0.717, 1.165) is 11.1 Å². The lowest BCUT2D eigenvalue weighted by molar-refractivity contribution is 0.281. The first-order valence-corrected chi connectivity index (χ1v) is 5.06. The van der Waals surface area contributed by atoms with Crippen LogP contribution in [0.3, 0.4) is 0 Å². The van der Waals surface area contributed by atoms with E-state index >= 15 is 0 Å². The van der Waals surface area contributed by atoms with Crippen LogP contribution in [0.4, 0.5) is 4.39 Å². The van der Waals surface area contributed by atoms with E-state index in [1.165, 1.54) is 6.07 Å². The number of aryl methyl sites for hydroxylation is 1. The number of nitrogens with zero attached hydrogens (tertiary/aromatic N) is 2. The number of halogens is 1. The van der Waals surface area contributed by atoms with Crippen molar-refractivity contribution in [1.82, 2.24) is 9.78 Å². The zero-order valence-electron chi connectivity index (χ0n) is 9.02. The fraction of sp³-hybridized carbons (Fsp3) is 0.250. The maximum Gasteiger partial charge on any atom is 0.128 e. The highest BCUT2D eigenvalue weighted by molar-refractivity contribution is 5.23. The van der Waals surface area contributed by atoms with Gasteiger partial charge in [-0.25, -0.2) is 4.39 Å². The Bertz CT molecular complexity index is 494. The average Bonchev–Trinajstić information content (AvgIpc) is 2.70. The highest BCUT2D eigenvalue weighted by Crippen LogP contribution is 2.11. The van der Waals surface area contributed by atoms with Crippen molar-refractivity contribution in [2.24, 2.45) is 0 Å². The van der Waals surface area contributed by atoms with Crippen LogP contribution < -0.4 is 0 Å². The Morgan fingerprint density at radius 2 is 2.25 bits per heavy atom. The molecule has 0 aliphatic heterocycles. The van der Waals surface area contributed by atoms with Gasteiger partial charge in [0.15, 0.2) is 0 Å². The van der Waals surface area contributed by atoms with Crippen molar-refractivity contribution in [3.05, 3.63) is 53.1 Å². The smallest absolute Gasteiger partial charge is 0.128 e. The second-order valence-electron chi connectivity index (χ2n) is 3.80. The van der Waals surface area contributed by atoms with Crippen molar-refractivity contribution in [1.29, 1.82) is 0 Å². The molecule has 1 N–H and O–H groups in total. The van der Waals surface area contributed by atoms with Gasteiger partial charge >= 0.3 is 0 Å². The summed E-state index contributed by atoms with van der Waals surface area (Å²) in [6.07, 6.45) is 3.28. The van der Waals surface area contributed by atoms with Crippen molar-refractivity contribution in [2.45, 2.75) is 20.1 Å². The molecule has 4 heteroatoms. The third-order valence-corrected chi connectivity index (χ3v) is 2.41. The molecule has 84 valence electrons. The van der Waals surface area contributed by atoms with Crippen LogP contribution in [0.25, 0.3) is 0 Å². The van der Waals surface area contributed by atoms with Crippen molar-refractivity contribution in [3.63, 3.8) is 0 Å². The molecule has 0 aliphatic carbocycles. The molecule has 0 amide bonds. The summed E-state index contributed by atoms with van der Waals surface area (Å²) in [5, 5.41) is 12.9. The van der Waals surface area contributed by atoms with Gasteiger partial charge < -0.3 is 5.11 Å². The zero-order chi connectivity index (χ0) is 11.5. The summed E-state index contributed by atoms with van der Waals surface area (Å²) in [5.41, 5.74) is 2.23. The first kappa shape index (κ1) is 10.8. The van der Waals surface area contributed by atoms with Crippen LogP contribution in [-0.2, 0) is 13.2 Å². The molecule has 0 atom stereocenters. The Kier molecular flexibility index (Phi) is 3.01.